The molecule has 0 rings (SSSR count). The van der Waals surface area contributed by atoms with Crippen LogP contribution in [0.4, 0.5) is 0 Å². The fourth-order valence-electron chi connectivity index (χ4n) is 1.71. The minimum absolute atomic E-state index is 0.213. The Morgan fingerprint density at radius 2 is 1.10 bits per heavy atom. The number of hydrogen-bond donors (Lipinski definition) is 0. The van der Waals surface area contributed by atoms with Gasteiger partial charge in [0.2, 0.25) is 0 Å². The summed E-state index contributed by atoms with van der Waals surface area (Å²) >= 11 is 6.80. The van der Waals surface area contributed by atoms with E-state index in [1.165, 1.54) is 0 Å². The maximum absolute atomic E-state index is 5.83. The maximum atomic E-state index is 5.83. The van der Waals surface area contributed by atoms with E-state index in [0.29, 0.717) is 0 Å². The standard InChI is InChI=1S/C16H28Br2O3/c1-19-15(11-7-3-5-9-13-17)21-16(20-2)12-8-4-6-10-14-18/h3-6,15-16H,7-14H2,1-2H3/b5-3+,6-4+. The monoisotopic (exact) mass is 426 g/mol. The Morgan fingerprint density at radius 3 is 1.43 bits per heavy atom. The molecule has 124 valence electrons. The van der Waals surface area contributed by atoms with E-state index in [0.717, 1.165) is 49.2 Å². The molecule has 0 N–H and O–H groups in total. The first-order valence-corrected chi connectivity index (χ1v) is 9.65. The molecule has 0 aromatic carbocycles. The molecule has 0 aliphatic rings. The van der Waals surface area contributed by atoms with Crippen LogP contribution >= 0.6 is 31.9 Å². The first kappa shape index (κ1) is 21.3. The maximum Gasteiger partial charge on any atom is 0.160 e. The Labute approximate surface area is 146 Å². The first-order valence-electron chi connectivity index (χ1n) is 7.41. The van der Waals surface area contributed by atoms with Crippen LogP contribution in [0.5, 0.6) is 0 Å². The van der Waals surface area contributed by atoms with Crippen LogP contribution in [0.15, 0.2) is 24.3 Å². The zero-order valence-electron chi connectivity index (χ0n) is 13.1. The second-order valence-corrected chi connectivity index (χ2v) is 6.11. The van der Waals surface area contributed by atoms with Crippen molar-refractivity contribution in [3.63, 3.8) is 0 Å². The zero-order chi connectivity index (χ0) is 15.8. The molecule has 0 aliphatic heterocycles. The summed E-state index contributed by atoms with van der Waals surface area (Å²) in [5.41, 5.74) is 0. The highest BCUT2D eigenvalue weighted by Crippen LogP contribution is 2.12. The van der Waals surface area contributed by atoms with Crippen LogP contribution in [0.3, 0.4) is 0 Å². The molecule has 3 nitrogen and oxygen atoms in total. The minimum Gasteiger partial charge on any atom is -0.356 e. The highest BCUT2D eigenvalue weighted by Gasteiger charge is 2.14. The lowest BCUT2D eigenvalue weighted by Gasteiger charge is -2.22. The van der Waals surface area contributed by atoms with E-state index in [9.17, 15) is 0 Å². The van der Waals surface area contributed by atoms with Crippen molar-refractivity contribution in [1.29, 1.82) is 0 Å². The summed E-state index contributed by atoms with van der Waals surface area (Å²) in [6, 6.07) is 0. The summed E-state index contributed by atoms with van der Waals surface area (Å²) in [7, 11) is 3.35. The number of ether oxygens (including phenoxy) is 3. The minimum atomic E-state index is -0.213. The van der Waals surface area contributed by atoms with Crippen molar-refractivity contribution in [3.05, 3.63) is 24.3 Å². The zero-order valence-corrected chi connectivity index (χ0v) is 16.3. The fraction of sp³-hybridized carbons (Fsp3) is 0.750. The van der Waals surface area contributed by atoms with Crippen molar-refractivity contribution in [2.24, 2.45) is 0 Å². The Morgan fingerprint density at radius 1 is 0.714 bits per heavy atom. The van der Waals surface area contributed by atoms with Gasteiger partial charge in [0.25, 0.3) is 0 Å². The average Bonchev–Trinajstić information content (AvgIpc) is 2.51. The van der Waals surface area contributed by atoms with Gasteiger partial charge in [-0.15, -0.1) is 0 Å². The van der Waals surface area contributed by atoms with Gasteiger partial charge in [-0.3, -0.25) is 0 Å². The van der Waals surface area contributed by atoms with Gasteiger partial charge in [0.15, 0.2) is 12.6 Å². The largest absolute Gasteiger partial charge is 0.356 e. The lowest BCUT2D eigenvalue weighted by atomic mass is 10.2. The van der Waals surface area contributed by atoms with Crippen molar-refractivity contribution in [2.75, 3.05) is 24.9 Å². The summed E-state index contributed by atoms with van der Waals surface area (Å²) in [4.78, 5) is 0. The van der Waals surface area contributed by atoms with Crippen LogP contribution in [0.2, 0.25) is 0 Å². The Bertz CT molecular complexity index is 244. The predicted molar refractivity (Wildman–Crippen MR) is 96.2 cm³/mol. The van der Waals surface area contributed by atoms with Crippen molar-refractivity contribution in [1.82, 2.24) is 0 Å². The van der Waals surface area contributed by atoms with Gasteiger partial charge in [-0.05, 0) is 25.7 Å². The number of hydrogen-bond acceptors (Lipinski definition) is 3. The number of rotatable bonds is 14. The van der Waals surface area contributed by atoms with Crippen molar-refractivity contribution < 1.29 is 14.2 Å². The highest BCUT2D eigenvalue weighted by molar-refractivity contribution is 9.09. The Kier molecular flexibility index (Phi) is 16.9. The van der Waals surface area contributed by atoms with Crippen LogP contribution in [0.1, 0.15) is 38.5 Å². The van der Waals surface area contributed by atoms with Crippen LogP contribution < -0.4 is 0 Å². The summed E-state index contributed by atoms with van der Waals surface area (Å²) < 4.78 is 16.6. The summed E-state index contributed by atoms with van der Waals surface area (Å²) in [6.45, 7) is 0. The molecule has 21 heavy (non-hydrogen) atoms. The van der Waals surface area contributed by atoms with Crippen LogP contribution in [-0.4, -0.2) is 37.5 Å². The van der Waals surface area contributed by atoms with E-state index < -0.39 is 0 Å². The van der Waals surface area contributed by atoms with Crippen molar-refractivity contribution in [3.8, 4) is 0 Å². The number of halogens is 2. The Balaban J connectivity index is 3.93. The summed E-state index contributed by atoms with van der Waals surface area (Å²) in [5.74, 6) is 0. The average molecular weight is 428 g/mol. The third kappa shape index (κ3) is 13.7. The highest BCUT2D eigenvalue weighted by atomic mass is 79.9. The molecule has 0 aliphatic carbocycles. The molecule has 0 saturated carbocycles. The second-order valence-electron chi connectivity index (χ2n) is 4.52. The Hall–Kier alpha value is 0.320. The van der Waals surface area contributed by atoms with Crippen LogP contribution in [0, 0.1) is 0 Å². The molecule has 0 spiro atoms. The van der Waals surface area contributed by atoms with Gasteiger partial charge in [-0.25, -0.2) is 0 Å². The van der Waals surface area contributed by atoms with E-state index >= 15 is 0 Å². The molecular weight excluding hydrogens is 400 g/mol. The van der Waals surface area contributed by atoms with E-state index in [1.807, 2.05) is 0 Å². The van der Waals surface area contributed by atoms with Crippen LogP contribution in [0.25, 0.3) is 0 Å². The van der Waals surface area contributed by atoms with E-state index in [4.69, 9.17) is 14.2 Å². The quantitative estimate of drug-likeness (QED) is 0.217. The molecule has 0 amide bonds. The van der Waals surface area contributed by atoms with Gasteiger partial charge in [-0.2, -0.15) is 0 Å². The lowest BCUT2D eigenvalue weighted by Crippen LogP contribution is -2.25. The van der Waals surface area contributed by atoms with Crippen molar-refractivity contribution >= 4 is 31.9 Å². The number of allylic oxidation sites excluding steroid dienone is 4. The molecule has 0 fully saturated rings. The molecule has 2 atom stereocenters. The van der Waals surface area contributed by atoms with Gasteiger partial charge in [0.05, 0.1) is 0 Å². The van der Waals surface area contributed by atoms with Crippen LogP contribution in [-0.2, 0) is 14.2 Å². The third-order valence-corrected chi connectivity index (χ3v) is 3.77. The van der Waals surface area contributed by atoms with E-state index in [1.54, 1.807) is 14.2 Å². The first-order chi connectivity index (χ1) is 10.3. The van der Waals surface area contributed by atoms with Gasteiger partial charge in [0.1, 0.15) is 0 Å². The predicted octanol–water partition coefficient (Wildman–Crippen LogP) is 5.19. The molecule has 0 saturated heterocycles. The molecule has 0 aromatic rings. The fourth-order valence-corrected chi connectivity index (χ4v) is 2.24. The lowest BCUT2D eigenvalue weighted by molar-refractivity contribution is -0.232. The SMILES string of the molecule is COC(CC/C=C/CCBr)OC(CC/C=C/CCBr)OC. The molecule has 0 bridgehead atoms. The molecule has 0 aromatic heterocycles. The second kappa shape index (κ2) is 16.7. The number of methoxy groups -OCH3 is 2. The summed E-state index contributed by atoms with van der Waals surface area (Å²) in [5, 5.41) is 2.00. The third-order valence-electron chi connectivity index (χ3n) is 2.85. The van der Waals surface area contributed by atoms with E-state index in [-0.39, 0.29) is 12.6 Å². The molecule has 0 radical (unpaired) electrons. The molecule has 0 heterocycles. The topological polar surface area (TPSA) is 27.7 Å². The normalized spacial score (nSPS) is 15.0. The van der Waals surface area contributed by atoms with Gasteiger partial charge in [0, 0.05) is 37.7 Å². The molecular formula is C16H28Br2O3. The number of alkyl halides is 2. The van der Waals surface area contributed by atoms with Gasteiger partial charge >= 0.3 is 0 Å². The van der Waals surface area contributed by atoms with Crippen molar-refractivity contribution in [2.45, 2.75) is 51.1 Å². The van der Waals surface area contributed by atoms with Gasteiger partial charge < -0.3 is 14.2 Å². The molecule has 2 unspecified atom stereocenters. The summed E-state index contributed by atoms with van der Waals surface area (Å²) in [6.07, 6.45) is 13.9. The smallest absolute Gasteiger partial charge is 0.160 e. The van der Waals surface area contributed by atoms with E-state index in [2.05, 4.69) is 56.2 Å². The van der Waals surface area contributed by atoms with Gasteiger partial charge in [-0.1, -0.05) is 56.2 Å². The molecule has 5 heteroatoms.